The van der Waals surface area contributed by atoms with Crippen LogP contribution in [0.3, 0.4) is 0 Å². The Kier molecular flexibility index (Phi) is 6.89. The van der Waals surface area contributed by atoms with Gasteiger partial charge < -0.3 is 29.2 Å². The monoisotopic (exact) mass is 450 g/mol. The molecule has 3 aromatic rings. The Balaban J connectivity index is 1.52. The van der Waals surface area contributed by atoms with Crippen molar-refractivity contribution in [3.63, 3.8) is 0 Å². The fourth-order valence-electron chi connectivity index (χ4n) is 3.60. The van der Waals surface area contributed by atoms with Gasteiger partial charge in [0.05, 0.1) is 40.2 Å². The molecule has 1 aliphatic heterocycles. The van der Waals surface area contributed by atoms with Crippen LogP contribution in [0.1, 0.15) is 10.4 Å². The number of nitrogens with zero attached hydrogens (tertiary/aromatic N) is 3. The van der Waals surface area contributed by atoms with Crippen molar-refractivity contribution in [2.75, 3.05) is 57.8 Å². The van der Waals surface area contributed by atoms with E-state index in [0.29, 0.717) is 47.4 Å². The van der Waals surface area contributed by atoms with Gasteiger partial charge >= 0.3 is 0 Å². The number of nitrogens with one attached hydrogen (secondary N) is 1. The number of hydrogen-bond acceptors (Lipinski definition) is 8. The lowest BCUT2D eigenvalue weighted by atomic mass is 10.1. The Hall–Kier alpha value is -3.85. The van der Waals surface area contributed by atoms with Crippen LogP contribution in [0, 0.1) is 0 Å². The van der Waals surface area contributed by atoms with Gasteiger partial charge in [0.25, 0.3) is 5.91 Å². The summed E-state index contributed by atoms with van der Waals surface area (Å²) in [5, 5.41) is 2.87. The molecule has 0 aliphatic carbocycles. The minimum absolute atomic E-state index is 0.286. The molecule has 1 aliphatic rings. The number of ether oxygens (including phenoxy) is 4. The number of amides is 1. The number of anilines is 2. The van der Waals surface area contributed by atoms with Gasteiger partial charge in [0.15, 0.2) is 11.5 Å². The molecule has 1 amide bonds. The summed E-state index contributed by atoms with van der Waals surface area (Å²) in [4.78, 5) is 24.1. The Morgan fingerprint density at radius 3 is 2.30 bits per heavy atom. The topological polar surface area (TPSA) is 95.0 Å². The molecule has 1 saturated heterocycles. The largest absolute Gasteiger partial charge is 0.493 e. The molecule has 9 nitrogen and oxygen atoms in total. The molecule has 0 atom stereocenters. The van der Waals surface area contributed by atoms with E-state index in [1.165, 1.54) is 21.3 Å². The first-order valence-corrected chi connectivity index (χ1v) is 10.5. The maximum Gasteiger partial charge on any atom is 0.255 e. The molecule has 33 heavy (non-hydrogen) atoms. The second kappa shape index (κ2) is 10.2. The van der Waals surface area contributed by atoms with Crippen molar-refractivity contribution in [1.29, 1.82) is 0 Å². The van der Waals surface area contributed by atoms with Gasteiger partial charge in [-0.3, -0.25) is 9.78 Å². The highest BCUT2D eigenvalue weighted by atomic mass is 16.5. The number of methoxy groups -OCH3 is 3. The zero-order chi connectivity index (χ0) is 23.2. The summed E-state index contributed by atoms with van der Waals surface area (Å²) in [5.74, 6) is 1.98. The quantitative estimate of drug-likeness (QED) is 0.586. The van der Waals surface area contributed by atoms with Gasteiger partial charge in [-0.1, -0.05) is 0 Å². The Bertz CT molecular complexity index is 1090. The maximum atomic E-state index is 12.9. The zero-order valence-corrected chi connectivity index (χ0v) is 18.8. The van der Waals surface area contributed by atoms with E-state index in [1.54, 1.807) is 36.7 Å². The normalized spacial score (nSPS) is 13.4. The van der Waals surface area contributed by atoms with Crippen LogP contribution in [-0.2, 0) is 4.74 Å². The molecule has 0 radical (unpaired) electrons. The van der Waals surface area contributed by atoms with Crippen LogP contribution in [0.25, 0.3) is 11.3 Å². The third kappa shape index (κ3) is 4.98. The van der Waals surface area contributed by atoms with Gasteiger partial charge in [-0.05, 0) is 24.3 Å². The third-order valence-corrected chi connectivity index (χ3v) is 5.32. The van der Waals surface area contributed by atoms with Gasteiger partial charge in [0.2, 0.25) is 5.75 Å². The molecule has 0 spiro atoms. The average molecular weight is 450 g/mol. The molecule has 4 rings (SSSR count). The van der Waals surface area contributed by atoms with E-state index in [2.05, 4.69) is 20.2 Å². The van der Waals surface area contributed by atoms with E-state index in [0.717, 1.165) is 24.5 Å². The molecule has 1 fully saturated rings. The molecular weight excluding hydrogens is 424 g/mol. The molecule has 0 bridgehead atoms. The van der Waals surface area contributed by atoms with Crippen molar-refractivity contribution < 1.29 is 23.7 Å². The number of benzene rings is 1. The molecule has 1 N–H and O–H groups in total. The first kappa shape index (κ1) is 22.3. The fraction of sp³-hybridized carbons (Fsp3) is 0.292. The molecule has 1 aromatic carbocycles. The molecule has 2 aromatic heterocycles. The standard InChI is InChI=1S/C24H26N4O5/c1-30-20-13-18(14-21(31-2)23(20)32-3)27-24(29)16-6-7-25-19(12-16)17-4-5-22(26-15-17)28-8-10-33-11-9-28/h4-7,12-15H,8-11H2,1-3H3,(H,27,29). The maximum absolute atomic E-state index is 12.9. The molecule has 0 unspecified atom stereocenters. The lowest BCUT2D eigenvalue weighted by Gasteiger charge is -2.27. The number of rotatable bonds is 7. The fourth-order valence-corrected chi connectivity index (χ4v) is 3.60. The molecule has 3 heterocycles. The van der Waals surface area contributed by atoms with Crippen molar-refractivity contribution in [1.82, 2.24) is 9.97 Å². The molecule has 9 heteroatoms. The van der Waals surface area contributed by atoms with Gasteiger partial charge in [-0.25, -0.2) is 4.98 Å². The van der Waals surface area contributed by atoms with Crippen LogP contribution in [0.5, 0.6) is 17.2 Å². The second-order valence-electron chi connectivity index (χ2n) is 7.30. The predicted molar refractivity (Wildman–Crippen MR) is 125 cm³/mol. The van der Waals surface area contributed by atoms with Gasteiger partial charge in [-0.2, -0.15) is 0 Å². The average Bonchev–Trinajstić information content (AvgIpc) is 2.88. The van der Waals surface area contributed by atoms with Gasteiger partial charge in [0, 0.05) is 54.4 Å². The van der Waals surface area contributed by atoms with Crippen molar-refractivity contribution in [2.24, 2.45) is 0 Å². The number of aromatic nitrogens is 2. The Morgan fingerprint density at radius 1 is 0.970 bits per heavy atom. The zero-order valence-electron chi connectivity index (χ0n) is 18.8. The van der Waals surface area contributed by atoms with Crippen LogP contribution in [0.15, 0.2) is 48.8 Å². The van der Waals surface area contributed by atoms with Crippen LogP contribution >= 0.6 is 0 Å². The van der Waals surface area contributed by atoms with E-state index in [9.17, 15) is 4.79 Å². The number of morpholine rings is 1. The van der Waals surface area contributed by atoms with E-state index < -0.39 is 0 Å². The summed E-state index contributed by atoms with van der Waals surface area (Å²) in [5.41, 5.74) is 2.47. The summed E-state index contributed by atoms with van der Waals surface area (Å²) < 4.78 is 21.4. The first-order valence-electron chi connectivity index (χ1n) is 10.5. The first-order chi connectivity index (χ1) is 16.1. The summed E-state index contributed by atoms with van der Waals surface area (Å²) in [6.45, 7) is 3.05. The Morgan fingerprint density at radius 2 is 1.70 bits per heavy atom. The van der Waals surface area contributed by atoms with E-state index >= 15 is 0 Å². The number of carbonyl (C=O) groups is 1. The highest BCUT2D eigenvalue weighted by Gasteiger charge is 2.16. The lowest BCUT2D eigenvalue weighted by Crippen LogP contribution is -2.36. The minimum atomic E-state index is -0.286. The van der Waals surface area contributed by atoms with Gasteiger partial charge in [-0.15, -0.1) is 0 Å². The SMILES string of the molecule is COc1cc(NC(=O)c2ccnc(-c3ccc(N4CCOCC4)nc3)c2)cc(OC)c1OC. The van der Waals surface area contributed by atoms with Crippen LogP contribution < -0.4 is 24.4 Å². The smallest absolute Gasteiger partial charge is 0.255 e. The predicted octanol–water partition coefficient (Wildman–Crippen LogP) is 3.26. The summed E-state index contributed by atoms with van der Waals surface area (Å²) in [6, 6.07) is 10.7. The van der Waals surface area contributed by atoms with Crippen LogP contribution in [0.4, 0.5) is 11.5 Å². The van der Waals surface area contributed by atoms with Gasteiger partial charge in [0.1, 0.15) is 5.82 Å². The molecule has 0 saturated carbocycles. The van der Waals surface area contributed by atoms with Crippen LogP contribution in [-0.4, -0.2) is 63.5 Å². The molecule has 172 valence electrons. The minimum Gasteiger partial charge on any atom is -0.493 e. The summed E-state index contributed by atoms with van der Waals surface area (Å²) in [7, 11) is 4.58. The number of hydrogen-bond donors (Lipinski definition) is 1. The second-order valence-corrected chi connectivity index (χ2v) is 7.30. The highest BCUT2D eigenvalue weighted by molar-refractivity contribution is 6.05. The Labute approximate surface area is 192 Å². The van der Waals surface area contributed by atoms with Crippen molar-refractivity contribution in [2.45, 2.75) is 0 Å². The van der Waals surface area contributed by atoms with Crippen molar-refractivity contribution in [3.05, 3.63) is 54.4 Å². The highest BCUT2D eigenvalue weighted by Crippen LogP contribution is 2.40. The molecular formula is C24H26N4O5. The summed E-state index contributed by atoms with van der Waals surface area (Å²) >= 11 is 0. The van der Waals surface area contributed by atoms with E-state index in [-0.39, 0.29) is 5.91 Å². The van der Waals surface area contributed by atoms with E-state index in [1.807, 2.05) is 12.1 Å². The number of carbonyl (C=O) groups excluding carboxylic acids is 1. The summed E-state index contributed by atoms with van der Waals surface area (Å²) in [6.07, 6.45) is 3.38. The van der Waals surface area contributed by atoms with E-state index in [4.69, 9.17) is 18.9 Å². The van der Waals surface area contributed by atoms with Crippen LogP contribution in [0.2, 0.25) is 0 Å². The lowest BCUT2D eigenvalue weighted by molar-refractivity contribution is 0.102. The number of pyridine rings is 2. The van der Waals surface area contributed by atoms with Crippen molar-refractivity contribution in [3.8, 4) is 28.5 Å². The van der Waals surface area contributed by atoms with Crippen molar-refractivity contribution >= 4 is 17.4 Å². The third-order valence-electron chi connectivity index (χ3n) is 5.32.